The van der Waals surface area contributed by atoms with E-state index in [0.29, 0.717) is 25.7 Å². The Kier molecular flexibility index (Phi) is 20.9. The highest BCUT2D eigenvalue weighted by Gasteiger charge is 2.56. The number of nitrogens with zero attached hydrogens (tertiary/aromatic N) is 1. The zero-order valence-corrected chi connectivity index (χ0v) is 24.8. The highest BCUT2D eigenvalue weighted by Crippen LogP contribution is 2.34. The predicted molar refractivity (Wildman–Crippen MR) is 154 cm³/mol. The van der Waals surface area contributed by atoms with Crippen LogP contribution in [0.5, 0.6) is 0 Å². The van der Waals surface area contributed by atoms with Crippen LogP contribution in [0.3, 0.4) is 0 Å². The minimum absolute atomic E-state index is 0.269. The number of allylic oxidation sites excluding steroid dienone is 2. The molecule has 0 rings (SSSR count). The van der Waals surface area contributed by atoms with Gasteiger partial charge in [0.1, 0.15) is 0 Å². The molecular formula is C31H58NO6+. The van der Waals surface area contributed by atoms with Gasteiger partial charge in [-0.25, -0.2) is 14.4 Å². The maximum atomic E-state index is 12.5. The van der Waals surface area contributed by atoms with Crippen LogP contribution in [0.15, 0.2) is 12.2 Å². The lowest BCUT2D eigenvalue weighted by molar-refractivity contribution is -0.973. The highest BCUT2D eigenvalue weighted by molar-refractivity contribution is 5.78. The second kappa shape index (κ2) is 22.0. The lowest BCUT2D eigenvalue weighted by Crippen LogP contribution is -2.72. The summed E-state index contributed by atoms with van der Waals surface area (Å²) >= 11 is 0. The molecule has 0 saturated carbocycles. The number of hydrogen-bond donors (Lipinski definition) is 3. The molecule has 0 amide bonds. The molecule has 0 radical (unpaired) electrons. The summed E-state index contributed by atoms with van der Waals surface area (Å²) in [4.78, 5) is 37.6. The summed E-state index contributed by atoms with van der Waals surface area (Å²) in [5, 5.41) is 30.7. The molecule has 0 spiro atoms. The van der Waals surface area contributed by atoms with Gasteiger partial charge in [0, 0.05) is 19.3 Å². The first-order valence-corrected chi connectivity index (χ1v) is 15.4. The van der Waals surface area contributed by atoms with E-state index in [9.17, 15) is 29.7 Å². The van der Waals surface area contributed by atoms with Crippen LogP contribution < -0.4 is 0 Å². The molecule has 7 heteroatoms. The summed E-state index contributed by atoms with van der Waals surface area (Å²) in [6.07, 6.45) is 20.4. The van der Waals surface area contributed by atoms with Crippen molar-refractivity contribution >= 4 is 17.9 Å². The van der Waals surface area contributed by atoms with Crippen molar-refractivity contribution in [3.8, 4) is 0 Å². The summed E-state index contributed by atoms with van der Waals surface area (Å²) in [5.41, 5.74) is 0. The van der Waals surface area contributed by atoms with Crippen molar-refractivity contribution in [2.75, 3.05) is 6.54 Å². The van der Waals surface area contributed by atoms with E-state index in [2.05, 4.69) is 19.1 Å². The van der Waals surface area contributed by atoms with E-state index in [4.69, 9.17) is 0 Å². The Balaban J connectivity index is 5.29. The molecular weight excluding hydrogens is 482 g/mol. The van der Waals surface area contributed by atoms with Gasteiger partial charge in [-0.3, -0.25) is 4.48 Å². The van der Waals surface area contributed by atoms with Gasteiger partial charge >= 0.3 is 17.9 Å². The van der Waals surface area contributed by atoms with Crippen LogP contribution in [-0.2, 0) is 14.4 Å². The Labute approximate surface area is 232 Å². The normalized spacial score (nSPS) is 15.7. The topological polar surface area (TPSA) is 112 Å². The van der Waals surface area contributed by atoms with E-state index in [1.54, 1.807) is 0 Å². The molecule has 7 nitrogen and oxygen atoms in total. The molecule has 0 aromatic rings. The Morgan fingerprint density at radius 3 is 1.18 bits per heavy atom. The van der Waals surface area contributed by atoms with Crippen molar-refractivity contribution in [2.45, 2.75) is 161 Å². The van der Waals surface area contributed by atoms with Crippen molar-refractivity contribution in [3.63, 3.8) is 0 Å². The molecule has 38 heavy (non-hydrogen) atoms. The molecule has 0 fully saturated rings. The first-order valence-electron chi connectivity index (χ1n) is 15.4. The molecule has 0 bridgehead atoms. The molecule has 0 heterocycles. The number of rotatable bonds is 26. The van der Waals surface area contributed by atoms with Crippen LogP contribution in [0, 0.1) is 0 Å². The molecule has 0 saturated heterocycles. The second-order valence-electron chi connectivity index (χ2n) is 10.9. The first-order chi connectivity index (χ1) is 18.2. The molecule has 0 aromatic heterocycles. The standard InChI is InChI=1S/C31H57NO6/c1-5-9-10-11-12-13-14-15-16-17-18-19-20-21-25-32(26(22-6-2)29(33)34,27(23-7-3)30(35)36)28(24-8-4)31(37)38/h5,9,26-28H,6-8,10-25H2,1-4H3,(H2-,33,34,35,36,37,38)/p+1/b9-5+. The van der Waals surface area contributed by atoms with Crippen LogP contribution in [0.2, 0.25) is 0 Å². The lowest BCUT2D eigenvalue weighted by atomic mass is 9.91. The van der Waals surface area contributed by atoms with Gasteiger partial charge in [0.15, 0.2) is 18.1 Å². The van der Waals surface area contributed by atoms with Gasteiger partial charge in [0.2, 0.25) is 0 Å². The summed E-state index contributed by atoms with van der Waals surface area (Å²) < 4.78 is -0.371. The van der Waals surface area contributed by atoms with E-state index >= 15 is 0 Å². The third-order valence-corrected chi connectivity index (χ3v) is 7.93. The number of carboxylic acid groups (broad SMARTS) is 3. The highest BCUT2D eigenvalue weighted by atomic mass is 16.4. The zero-order valence-electron chi connectivity index (χ0n) is 24.8. The van der Waals surface area contributed by atoms with Gasteiger partial charge in [-0.1, -0.05) is 84.3 Å². The lowest BCUT2D eigenvalue weighted by Gasteiger charge is -2.50. The smallest absolute Gasteiger partial charge is 0.362 e. The van der Waals surface area contributed by atoms with Crippen molar-refractivity contribution < 1.29 is 34.2 Å². The maximum Gasteiger partial charge on any atom is 0.362 e. The largest absolute Gasteiger partial charge is 0.477 e. The van der Waals surface area contributed by atoms with Crippen LogP contribution in [0.1, 0.15) is 143 Å². The van der Waals surface area contributed by atoms with Crippen molar-refractivity contribution in [1.82, 2.24) is 0 Å². The fraction of sp³-hybridized carbons (Fsp3) is 0.839. The fourth-order valence-corrected chi connectivity index (χ4v) is 6.05. The molecule has 222 valence electrons. The summed E-state index contributed by atoms with van der Waals surface area (Å²) in [5.74, 6) is -3.25. The average molecular weight is 541 g/mol. The Morgan fingerprint density at radius 1 is 0.579 bits per heavy atom. The molecule has 3 N–H and O–H groups in total. The number of aliphatic carboxylic acids is 3. The molecule has 3 unspecified atom stereocenters. The number of carbonyl (C=O) groups is 3. The zero-order chi connectivity index (χ0) is 28.8. The maximum absolute atomic E-state index is 12.5. The Hall–Kier alpha value is -1.89. The number of quaternary nitrogens is 1. The summed E-state index contributed by atoms with van der Waals surface area (Å²) in [7, 11) is 0. The van der Waals surface area contributed by atoms with Gasteiger partial charge < -0.3 is 15.3 Å². The van der Waals surface area contributed by atoms with E-state index in [1.807, 2.05) is 20.8 Å². The molecule has 0 aliphatic rings. The quantitative estimate of drug-likeness (QED) is 0.0586. The van der Waals surface area contributed by atoms with Crippen LogP contribution in [-0.4, -0.2) is 62.4 Å². The van der Waals surface area contributed by atoms with Gasteiger partial charge in [-0.2, -0.15) is 0 Å². The minimum atomic E-state index is -1.08. The van der Waals surface area contributed by atoms with Crippen LogP contribution >= 0.6 is 0 Å². The first kappa shape index (κ1) is 36.1. The molecule has 0 aliphatic carbocycles. The molecule has 3 atom stereocenters. The predicted octanol–water partition coefficient (Wildman–Crippen LogP) is 7.82. The van der Waals surface area contributed by atoms with Crippen molar-refractivity contribution in [2.24, 2.45) is 0 Å². The summed E-state index contributed by atoms with van der Waals surface area (Å²) in [6, 6.07) is -3.13. The SMILES string of the molecule is C/C=C/CCCCCCCCCCCCC[N+](C(CCC)C(=O)O)(C(CCC)C(=O)O)C(CCC)C(=O)O. The molecule has 0 aromatic carbocycles. The average Bonchev–Trinajstić information content (AvgIpc) is 2.87. The van der Waals surface area contributed by atoms with Crippen LogP contribution in [0.25, 0.3) is 0 Å². The Bertz CT molecular complexity index is 617. The van der Waals surface area contributed by atoms with E-state index in [-0.39, 0.29) is 30.3 Å². The van der Waals surface area contributed by atoms with E-state index in [0.717, 1.165) is 19.3 Å². The van der Waals surface area contributed by atoms with Gasteiger partial charge in [-0.15, -0.1) is 0 Å². The third kappa shape index (κ3) is 12.8. The van der Waals surface area contributed by atoms with Crippen LogP contribution in [0.4, 0.5) is 0 Å². The van der Waals surface area contributed by atoms with Crippen molar-refractivity contribution in [1.29, 1.82) is 0 Å². The fourth-order valence-electron chi connectivity index (χ4n) is 6.05. The number of unbranched alkanes of at least 4 members (excludes halogenated alkanes) is 11. The molecule has 0 aliphatic heterocycles. The van der Waals surface area contributed by atoms with Gasteiger partial charge in [0.05, 0.1) is 6.54 Å². The minimum Gasteiger partial charge on any atom is -0.477 e. The van der Waals surface area contributed by atoms with Crippen molar-refractivity contribution in [3.05, 3.63) is 12.2 Å². The Morgan fingerprint density at radius 2 is 0.895 bits per heavy atom. The van der Waals surface area contributed by atoms with E-state index in [1.165, 1.54) is 51.4 Å². The third-order valence-electron chi connectivity index (χ3n) is 7.93. The van der Waals surface area contributed by atoms with E-state index < -0.39 is 36.0 Å². The van der Waals surface area contributed by atoms with Gasteiger partial charge in [-0.05, 0) is 51.9 Å². The van der Waals surface area contributed by atoms with Gasteiger partial charge in [0.25, 0.3) is 0 Å². The monoisotopic (exact) mass is 540 g/mol. The summed E-state index contributed by atoms with van der Waals surface area (Å²) in [6.45, 7) is 7.96. The second-order valence-corrected chi connectivity index (χ2v) is 10.9. The number of hydrogen-bond acceptors (Lipinski definition) is 3. The number of carboxylic acids is 3.